The average molecular weight is 236 g/mol. The summed E-state index contributed by atoms with van der Waals surface area (Å²) in [6.45, 7) is 4.01. The zero-order chi connectivity index (χ0) is 11.9. The maximum Gasteiger partial charge on any atom is 0.124 e. The number of rotatable bonds is 2. The quantitative estimate of drug-likeness (QED) is 0.787. The summed E-state index contributed by atoms with van der Waals surface area (Å²) < 4.78 is 5.35. The van der Waals surface area contributed by atoms with Gasteiger partial charge in [0.05, 0.1) is 18.6 Å². The first-order valence-corrected chi connectivity index (χ1v) is 5.69. The third-order valence-corrected chi connectivity index (χ3v) is 3.88. The van der Waals surface area contributed by atoms with Crippen LogP contribution in [-0.4, -0.2) is 7.11 Å². The van der Waals surface area contributed by atoms with Crippen LogP contribution in [0.2, 0.25) is 5.02 Å². The van der Waals surface area contributed by atoms with Crippen LogP contribution in [0.25, 0.3) is 0 Å². The van der Waals surface area contributed by atoms with Gasteiger partial charge in [0.2, 0.25) is 0 Å². The molecule has 0 bridgehead atoms. The molecule has 1 fully saturated rings. The number of aryl methyl sites for hydroxylation is 1. The highest BCUT2D eigenvalue weighted by Crippen LogP contribution is 2.56. The minimum Gasteiger partial charge on any atom is -0.496 e. The monoisotopic (exact) mass is 235 g/mol. The van der Waals surface area contributed by atoms with Crippen LogP contribution in [0.3, 0.4) is 0 Å². The number of ether oxygens (including phenoxy) is 1. The van der Waals surface area contributed by atoms with E-state index in [1.165, 1.54) is 0 Å². The molecule has 1 saturated carbocycles. The van der Waals surface area contributed by atoms with Crippen LogP contribution in [0.5, 0.6) is 5.75 Å². The van der Waals surface area contributed by atoms with Crippen LogP contribution in [0, 0.1) is 24.2 Å². The lowest BCUT2D eigenvalue weighted by molar-refractivity contribution is 0.406. The summed E-state index contributed by atoms with van der Waals surface area (Å²) in [5.41, 5.74) is 1.52. The number of benzene rings is 1. The molecule has 2 unspecified atom stereocenters. The minimum absolute atomic E-state index is 0.380. The molecule has 2 atom stereocenters. The fourth-order valence-electron chi connectivity index (χ4n) is 2.19. The van der Waals surface area contributed by atoms with Gasteiger partial charge >= 0.3 is 0 Å². The van der Waals surface area contributed by atoms with Crippen LogP contribution in [-0.2, 0) is 5.41 Å². The van der Waals surface area contributed by atoms with Gasteiger partial charge in [-0.2, -0.15) is 5.26 Å². The zero-order valence-electron chi connectivity index (χ0n) is 9.67. The van der Waals surface area contributed by atoms with Crippen LogP contribution < -0.4 is 4.74 Å². The number of nitrogens with zero attached hydrogens (tertiary/aromatic N) is 1. The highest BCUT2D eigenvalue weighted by Gasteiger charge is 2.54. The van der Waals surface area contributed by atoms with E-state index in [0.717, 1.165) is 23.3 Å². The number of nitriles is 1. The van der Waals surface area contributed by atoms with Gasteiger partial charge in [-0.25, -0.2) is 0 Å². The Morgan fingerprint density at radius 2 is 2.19 bits per heavy atom. The van der Waals surface area contributed by atoms with E-state index in [1.807, 2.05) is 19.1 Å². The van der Waals surface area contributed by atoms with Crippen LogP contribution >= 0.6 is 11.6 Å². The van der Waals surface area contributed by atoms with Crippen molar-refractivity contribution in [2.75, 3.05) is 7.11 Å². The first-order valence-electron chi connectivity index (χ1n) is 5.31. The summed E-state index contributed by atoms with van der Waals surface area (Å²) in [7, 11) is 1.63. The van der Waals surface area contributed by atoms with Crippen molar-refractivity contribution in [3.8, 4) is 11.8 Å². The summed E-state index contributed by atoms with van der Waals surface area (Å²) in [6, 6.07) is 6.18. The fraction of sp³-hybridized carbons (Fsp3) is 0.462. The third-order valence-electron chi connectivity index (χ3n) is 3.47. The normalized spacial score (nSPS) is 27.3. The van der Waals surface area contributed by atoms with E-state index < -0.39 is 0 Å². The van der Waals surface area contributed by atoms with Gasteiger partial charge in [0.1, 0.15) is 5.75 Å². The van der Waals surface area contributed by atoms with E-state index in [4.69, 9.17) is 16.3 Å². The first kappa shape index (κ1) is 11.3. The van der Waals surface area contributed by atoms with Gasteiger partial charge in [-0.15, -0.1) is 0 Å². The Kier molecular flexibility index (Phi) is 2.59. The van der Waals surface area contributed by atoms with Crippen molar-refractivity contribution in [2.45, 2.75) is 25.7 Å². The molecule has 2 rings (SSSR count). The maximum atomic E-state index is 9.31. The molecule has 0 N–H and O–H groups in total. The van der Waals surface area contributed by atoms with Crippen LogP contribution in [0.4, 0.5) is 0 Å². The van der Waals surface area contributed by atoms with E-state index in [1.54, 1.807) is 7.11 Å². The van der Waals surface area contributed by atoms with Gasteiger partial charge in [-0.3, -0.25) is 0 Å². The fourth-order valence-corrected chi connectivity index (χ4v) is 2.35. The average Bonchev–Trinajstić information content (AvgIpc) is 2.94. The maximum absolute atomic E-state index is 9.31. The van der Waals surface area contributed by atoms with Gasteiger partial charge in [0, 0.05) is 10.6 Å². The van der Waals surface area contributed by atoms with Crippen molar-refractivity contribution in [3.05, 3.63) is 28.3 Å². The summed E-state index contributed by atoms with van der Waals surface area (Å²) in [5.74, 6) is 1.15. The molecule has 0 aromatic heterocycles. The summed E-state index contributed by atoms with van der Waals surface area (Å²) in [5, 5.41) is 10.0. The van der Waals surface area contributed by atoms with Crippen molar-refractivity contribution in [1.29, 1.82) is 5.26 Å². The minimum atomic E-state index is -0.386. The number of methoxy groups -OCH3 is 1. The largest absolute Gasteiger partial charge is 0.496 e. The topological polar surface area (TPSA) is 33.0 Å². The molecule has 16 heavy (non-hydrogen) atoms. The Morgan fingerprint density at radius 3 is 2.62 bits per heavy atom. The smallest absolute Gasteiger partial charge is 0.124 e. The summed E-state index contributed by atoms with van der Waals surface area (Å²) in [6.07, 6.45) is 0.888. The van der Waals surface area contributed by atoms with E-state index in [-0.39, 0.29) is 5.41 Å². The lowest BCUT2D eigenvalue weighted by Gasteiger charge is -2.15. The molecule has 0 aliphatic heterocycles. The number of hydrogen-bond donors (Lipinski definition) is 0. The van der Waals surface area contributed by atoms with E-state index >= 15 is 0 Å². The van der Waals surface area contributed by atoms with Crippen molar-refractivity contribution >= 4 is 11.6 Å². The highest BCUT2D eigenvalue weighted by molar-refractivity contribution is 6.31. The Hall–Kier alpha value is -1.20. The highest BCUT2D eigenvalue weighted by atomic mass is 35.5. The Labute approximate surface area is 101 Å². The van der Waals surface area contributed by atoms with Crippen molar-refractivity contribution in [2.24, 2.45) is 5.92 Å². The summed E-state index contributed by atoms with van der Waals surface area (Å²) in [4.78, 5) is 0. The SMILES string of the molecule is COc1cc(C)c(Cl)cc1C1(C#N)CC1C. The standard InChI is InChI=1S/C13H14ClNO/c1-8-4-12(16-3)10(5-11(8)14)13(7-15)6-9(13)2/h4-5,9H,6H2,1-3H3. The lowest BCUT2D eigenvalue weighted by Crippen LogP contribution is -2.08. The Balaban J connectivity index is 2.57. The second kappa shape index (κ2) is 3.68. The number of halogens is 1. The van der Waals surface area contributed by atoms with Gasteiger partial charge in [-0.05, 0) is 37.0 Å². The molecule has 2 nitrogen and oxygen atoms in total. The predicted octanol–water partition coefficient (Wildman–Crippen LogP) is 3.46. The molecule has 84 valence electrons. The van der Waals surface area contributed by atoms with Crippen molar-refractivity contribution < 1.29 is 4.74 Å². The Morgan fingerprint density at radius 1 is 1.56 bits per heavy atom. The van der Waals surface area contributed by atoms with Crippen molar-refractivity contribution in [1.82, 2.24) is 0 Å². The van der Waals surface area contributed by atoms with Gasteiger partial charge < -0.3 is 4.74 Å². The molecule has 0 spiro atoms. The molecule has 1 aromatic carbocycles. The number of hydrogen-bond acceptors (Lipinski definition) is 2. The predicted molar refractivity (Wildman–Crippen MR) is 63.8 cm³/mol. The zero-order valence-corrected chi connectivity index (χ0v) is 10.4. The van der Waals surface area contributed by atoms with Crippen molar-refractivity contribution in [3.63, 3.8) is 0 Å². The lowest BCUT2D eigenvalue weighted by atomic mass is 9.93. The van der Waals surface area contributed by atoms with Crippen LogP contribution in [0.15, 0.2) is 12.1 Å². The molecule has 0 radical (unpaired) electrons. The molecule has 3 heteroatoms. The second-order valence-corrected chi connectivity index (χ2v) is 4.90. The second-order valence-electron chi connectivity index (χ2n) is 4.49. The van der Waals surface area contributed by atoms with Gasteiger partial charge in [0.25, 0.3) is 0 Å². The van der Waals surface area contributed by atoms with E-state index in [9.17, 15) is 5.26 Å². The molecular formula is C13H14ClNO. The van der Waals surface area contributed by atoms with E-state index in [0.29, 0.717) is 10.9 Å². The van der Waals surface area contributed by atoms with Gasteiger partial charge in [-0.1, -0.05) is 18.5 Å². The molecular weight excluding hydrogens is 222 g/mol. The third kappa shape index (κ3) is 1.47. The molecule has 0 heterocycles. The molecule has 0 amide bonds. The van der Waals surface area contributed by atoms with E-state index in [2.05, 4.69) is 13.0 Å². The van der Waals surface area contributed by atoms with Crippen LogP contribution in [0.1, 0.15) is 24.5 Å². The first-order chi connectivity index (χ1) is 7.55. The summed E-state index contributed by atoms with van der Waals surface area (Å²) >= 11 is 6.12. The molecule has 1 aliphatic rings. The molecule has 1 aromatic rings. The molecule has 1 aliphatic carbocycles. The van der Waals surface area contributed by atoms with Gasteiger partial charge in [0.15, 0.2) is 0 Å². The Bertz CT molecular complexity index is 478. The molecule has 0 saturated heterocycles.